The third-order valence-corrected chi connectivity index (χ3v) is 7.22. The Morgan fingerprint density at radius 2 is 1.89 bits per heavy atom. The summed E-state index contributed by atoms with van der Waals surface area (Å²) in [6, 6.07) is 23.5. The van der Waals surface area contributed by atoms with Crippen LogP contribution in [-0.2, 0) is 5.75 Å². The lowest BCUT2D eigenvalue weighted by molar-refractivity contribution is 0.0956. The molecule has 0 fully saturated rings. The van der Waals surface area contributed by atoms with E-state index in [4.69, 9.17) is 9.15 Å². The standard InChI is InChI=1S/C28H22N4O4S2/c1-35-23-13-12-18(15-19(23)17-38-28-31-22-9-4-5-10-24(22)36-28)16-29-32-26(33)20-7-2-3-8-21(20)30-27(34)25-11-6-14-37-25/h2-16H,17H2,1H3,(H,30,34)(H,32,33). The fourth-order valence-electron chi connectivity index (χ4n) is 3.65. The fraction of sp³-hybridized carbons (Fsp3) is 0.0714. The average molecular weight is 543 g/mol. The molecule has 5 aromatic rings. The summed E-state index contributed by atoms with van der Waals surface area (Å²) in [6.07, 6.45) is 1.55. The molecule has 0 spiro atoms. The Kier molecular flexibility index (Phi) is 7.81. The van der Waals surface area contributed by atoms with Gasteiger partial charge in [-0.1, -0.05) is 42.1 Å². The minimum atomic E-state index is -0.441. The van der Waals surface area contributed by atoms with E-state index in [0.717, 1.165) is 28.0 Å². The molecule has 10 heteroatoms. The van der Waals surface area contributed by atoms with Crippen molar-refractivity contribution in [3.63, 3.8) is 0 Å². The highest BCUT2D eigenvalue weighted by Gasteiger charge is 2.14. The van der Waals surface area contributed by atoms with Gasteiger partial charge in [0.15, 0.2) is 5.58 Å². The molecule has 0 bridgehead atoms. The molecular formula is C28H22N4O4S2. The maximum absolute atomic E-state index is 12.8. The van der Waals surface area contributed by atoms with E-state index in [-0.39, 0.29) is 5.91 Å². The molecule has 0 aliphatic heterocycles. The molecule has 38 heavy (non-hydrogen) atoms. The fourth-order valence-corrected chi connectivity index (χ4v) is 5.09. The van der Waals surface area contributed by atoms with Gasteiger partial charge in [-0.15, -0.1) is 11.3 Å². The maximum atomic E-state index is 12.8. The number of thiophene rings is 1. The number of methoxy groups -OCH3 is 1. The minimum absolute atomic E-state index is 0.273. The van der Waals surface area contributed by atoms with Crippen molar-refractivity contribution in [2.75, 3.05) is 12.4 Å². The van der Waals surface area contributed by atoms with Crippen molar-refractivity contribution < 1.29 is 18.7 Å². The number of rotatable bonds is 9. The van der Waals surface area contributed by atoms with Crippen molar-refractivity contribution >= 4 is 57.9 Å². The molecule has 3 aromatic carbocycles. The van der Waals surface area contributed by atoms with Crippen LogP contribution in [0.2, 0.25) is 0 Å². The van der Waals surface area contributed by atoms with Crippen molar-refractivity contribution in [2.24, 2.45) is 5.10 Å². The zero-order valence-electron chi connectivity index (χ0n) is 20.2. The zero-order chi connectivity index (χ0) is 26.3. The van der Waals surface area contributed by atoms with Crippen LogP contribution >= 0.6 is 23.1 Å². The Labute approximate surface area is 226 Å². The molecule has 2 N–H and O–H groups in total. The lowest BCUT2D eigenvalue weighted by Crippen LogP contribution is -2.21. The molecule has 0 aliphatic carbocycles. The number of anilines is 1. The van der Waals surface area contributed by atoms with Gasteiger partial charge in [0.2, 0.25) is 0 Å². The molecule has 0 saturated carbocycles. The number of hydrogen-bond donors (Lipinski definition) is 2. The van der Waals surface area contributed by atoms with Crippen LogP contribution in [0.4, 0.5) is 5.69 Å². The first-order valence-corrected chi connectivity index (χ1v) is 13.4. The van der Waals surface area contributed by atoms with E-state index < -0.39 is 5.91 Å². The second-order valence-electron chi connectivity index (χ2n) is 7.98. The summed E-state index contributed by atoms with van der Waals surface area (Å²) in [5.74, 6) is 0.584. The molecule has 0 atom stereocenters. The van der Waals surface area contributed by atoms with Crippen LogP contribution in [-0.4, -0.2) is 30.1 Å². The number of hydrogen-bond acceptors (Lipinski definition) is 8. The number of amides is 2. The number of hydrazone groups is 1. The number of fused-ring (bicyclic) bond motifs is 1. The third kappa shape index (κ3) is 5.93. The summed E-state index contributed by atoms with van der Waals surface area (Å²) < 4.78 is 11.3. The Balaban J connectivity index is 1.25. The molecule has 190 valence electrons. The van der Waals surface area contributed by atoms with Crippen molar-refractivity contribution in [3.05, 3.63) is 106 Å². The number of nitrogens with one attached hydrogen (secondary N) is 2. The van der Waals surface area contributed by atoms with Crippen molar-refractivity contribution in [2.45, 2.75) is 11.0 Å². The number of benzene rings is 3. The quantitative estimate of drug-likeness (QED) is 0.130. The van der Waals surface area contributed by atoms with Crippen molar-refractivity contribution in [1.29, 1.82) is 0 Å². The summed E-state index contributed by atoms with van der Waals surface area (Å²) in [5, 5.41) is 9.30. The normalized spacial score (nSPS) is 11.1. The monoisotopic (exact) mass is 542 g/mol. The number of oxazole rings is 1. The molecule has 2 aromatic heterocycles. The summed E-state index contributed by atoms with van der Waals surface area (Å²) >= 11 is 2.79. The van der Waals surface area contributed by atoms with Gasteiger partial charge in [-0.2, -0.15) is 5.10 Å². The lowest BCUT2D eigenvalue weighted by atomic mass is 10.1. The molecule has 0 radical (unpaired) electrons. The SMILES string of the molecule is COc1ccc(C=NNC(=O)c2ccccc2NC(=O)c2cccs2)cc1CSc1nc2ccccc2o1. The zero-order valence-corrected chi connectivity index (χ0v) is 21.8. The topological polar surface area (TPSA) is 106 Å². The first-order valence-electron chi connectivity index (χ1n) is 11.5. The van der Waals surface area contributed by atoms with Crippen LogP contribution in [0, 0.1) is 0 Å². The van der Waals surface area contributed by atoms with Crippen LogP contribution in [0.15, 0.2) is 99.0 Å². The van der Waals surface area contributed by atoms with Crippen LogP contribution in [0.3, 0.4) is 0 Å². The lowest BCUT2D eigenvalue weighted by Gasteiger charge is -2.09. The number of aromatic nitrogens is 1. The largest absolute Gasteiger partial charge is 0.496 e. The van der Waals surface area contributed by atoms with Crippen molar-refractivity contribution in [3.8, 4) is 5.75 Å². The number of thioether (sulfide) groups is 1. The average Bonchev–Trinajstić information content (AvgIpc) is 3.62. The molecule has 0 saturated heterocycles. The molecular weight excluding hydrogens is 520 g/mol. The van der Waals surface area contributed by atoms with E-state index in [1.807, 2.05) is 47.8 Å². The first kappa shape index (κ1) is 25.2. The number of carbonyl (C=O) groups excluding carboxylic acids is 2. The maximum Gasteiger partial charge on any atom is 0.273 e. The summed E-state index contributed by atoms with van der Waals surface area (Å²) in [5.41, 5.74) is 6.50. The Bertz CT molecular complexity index is 1580. The third-order valence-electron chi connectivity index (χ3n) is 5.47. The summed E-state index contributed by atoms with van der Waals surface area (Å²) in [6.45, 7) is 0. The van der Waals surface area contributed by atoms with Gasteiger partial charge in [0.1, 0.15) is 11.3 Å². The van der Waals surface area contributed by atoms with E-state index >= 15 is 0 Å². The number of nitrogens with zero attached hydrogens (tertiary/aromatic N) is 2. The molecule has 2 heterocycles. The van der Waals surface area contributed by atoms with Gasteiger partial charge in [-0.25, -0.2) is 10.4 Å². The predicted octanol–water partition coefficient (Wildman–Crippen LogP) is 6.21. The molecule has 5 rings (SSSR count). The Morgan fingerprint density at radius 3 is 2.71 bits per heavy atom. The van der Waals surface area contributed by atoms with Gasteiger partial charge in [0.25, 0.3) is 17.0 Å². The molecule has 0 unspecified atom stereocenters. The van der Waals surface area contributed by atoms with E-state index in [1.165, 1.54) is 23.1 Å². The number of carbonyl (C=O) groups is 2. The smallest absolute Gasteiger partial charge is 0.273 e. The first-order chi connectivity index (χ1) is 18.6. The molecule has 0 aliphatic rings. The van der Waals surface area contributed by atoms with Crippen LogP contribution in [0.1, 0.15) is 31.2 Å². The second kappa shape index (κ2) is 11.8. The molecule has 8 nitrogen and oxygen atoms in total. The Morgan fingerprint density at radius 1 is 1.05 bits per heavy atom. The highest BCUT2D eigenvalue weighted by molar-refractivity contribution is 7.98. The van der Waals surface area contributed by atoms with E-state index in [1.54, 1.807) is 49.7 Å². The van der Waals surface area contributed by atoms with Crippen molar-refractivity contribution in [1.82, 2.24) is 10.4 Å². The van der Waals surface area contributed by atoms with Gasteiger partial charge in [0.05, 0.1) is 29.5 Å². The number of ether oxygens (including phenoxy) is 1. The van der Waals surface area contributed by atoms with Gasteiger partial charge in [-0.05, 0) is 59.5 Å². The number of para-hydroxylation sites is 3. The van der Waals surface area contributed by atoms with Crippen LogP contribution in [0.25, 0.3) is 11.1 Å². The summed E-state index contributed by atoms with van der Waals surface area (Å²) in [4.78, 5) is 30.3. The van der Waals surface area contributed by atoms with Gasteiger partial charge in [-0.3, -0.25) is 9.59 Å². The van der Waals surface area contributed by atoms with E-state index in [9.17, 15) is 9.59 Å². The highest BCUT2D eigenvalue weighted by Crippen LogP contribution is 2.30. The van der Waals surface area contributed by atoms with Gasteiger partial charge >= 0.3 is 0 Å². The highest BCUT2D eigenvalue weighted by atomic mass is 32.2. The second-order valence-corrected chi connectivity index (χ2v) is 9.86. The van der Waals surface area contributed by atoms with Gasteiger partial charge < -0.3 is 14.5 Å². The Hall–Kier alpha value is -4.41. The van der Waals surface area contributed by atoms with Crippen LogP contribution < -0.4 is 15.5 Å². The van der Waals surface area contributed by atoms with Gasteiger partial charge in [0, 0.05) is 11.3 Å². The minimum Gasteiger partial charge on any atom is -0.496 e. The predicted molar refractivity (Wildman–Crippen MR) is 150 cm³/mol. The molecule has 2 amide bonds. The van der Waals surface area contributed by atoms with E-state index in [0.29, 0.717) is 27.1 Å². The van der Waals surface area contributed by atoms with E-state index in [2.05, 4.69) is 20.8 Å². The van der Waals surface area contributed by atoms with Crippen LogP contribution in [0.5, 0.6) is 5.75 Å². The summed E-state index contributed by atoms with van der Waals surface area (Å²) in [7, 11) is 1.62.